The summed E-state index contributed by atoms with van der Waals surface area (Å²) < 4.78 is 37.0. The van der Waals surface area contributed by atoms with Crippen molar-refractivity contribution in [3.8, 4) is 0 Å². The maximum atomic E-state index is 13.8. The summed E-state index contributed by atoms with van der Waals surface area (Å²) in [5.74, 6) is -3.23. The Balaban J connectivity index is 2.18. The van der Waals surface area contributed by atoms with Crippen LogP contribution >= 0.6 is 0 Å². The van der Waals surface area contributed by atoms with Crippen LogP contribution in [0.5, 0.6) is 0 Å². The molecule has 1 saturated heterocycles. The predicted octanol–water partition coefficient (Wildman–Crippen LogP) is 1.41. The van der Waals surface area contributed by atoms with E-state index in [2.05, 4.69) is 10.2 Å². The number of methoxy groups -OCH3 is 1. The molecule has 0 spiro atoms. The molecule has 0 aliphatic carbocycles. The first-order valence-corrected chi connectivity index (χ1v) is 5.79. The van der Waals surface area contributed by atoms with Gasteiger partial charge in [-0.1, -0.05) is 0 Å². The van der Waals surface area contributed by atoms with Crippen LogP contribution < -0.4 is 5.43 Å². The lowest BCUT2D eigenvalue weighted by molar-refractivity contribution is 0.0495. The van der Waals surface area contributed by atoms with Crippen molar-refractivity contribution in [3.05, 3.63) is 29.3 Å². The summed E-state index contributed by atoms with van der Waals surface area (Å²) in [4.78, 5) is 11.2. The lowest BCUT2D eigenvalue weighted by Crippen LogP contribution is -2.40. The van der Waals surface area contributed by atoms with Gasteiger partial charge in [0.1, 0.15) is 0 Å². The highest BCUT2D eigenvalue weighted by Crippen LogP contribution is 2.22. The molecule has 0 atom stereocenters. The Kier molecular flexibility index (Phi) is 4.28. The van der Waals surface area contributed by atoms with Crippen molar-refractivity contribution in [1.82, 2.24) is 5.01 Å². The van der Waals surface area contributed by atoms with E-state index < -0.39 is 23.2 Å². The van der Waals surface area contributed by atoms with Crippen LogP contribution in [0.1, 0.15) is 10.4 Å². The number of esters is 1. The van der Waals surface area contributed by atoms with E-state index in [1.165, 1.54) is 12.1 Å². The molecule has 1 aliphatic heterocycles. The number of nitrogens with zero attached hydrogens (tertiary/aromatic N) is 1. The molecule has 0 unspecified atom stereocenters. The minimum Gasteiger partial charge on any atom is -0.465 e. The molecule has 0 saturated carbocycles. The van der Waals surface area contributed by atoms with Crippen molar-refractivity contribution in [2.24, 2.45) is 0 Å². The van der Waals surface area contributed by atoms with Gasteiger partial charge in [-0.2, -0.15) is 0 Å². The van der Waals surface area contributed by atoms with Crippen molar-refractivity contribution in [3.63, 3.8) is 0 Å². The standard InChI is InChI=1S/C12H14F2N2O3/c1-18-12(17)8-2-3-9(11(14)10(8)13)15-16-4-6-19-7-5-16/h2-3,15H,4-7H2,1H3. The van der Waals surface area contributed by atoms with Gasteiger partial charge in [-0.3, -0.25) is 0 Å². The third-order valence-corrected chi connectivity index (χ3v) is 2.78. The number of benzene rings is 1. The monoisotopic (exact) mass is 272 g/mol. The topological polar surface area (TPSA) is 50.8 Å². The van der Waals surface area contributed by atoms with Crippen LogP contribution in [0.3, 0.4) is 0 Å². The lowest BCUT2D eigenvalue weighted by Gasteiger charge is -2.28. The molecule has 1 aromatic carbocycles. The molecule has 0 bridgehead atoms. The highest BCUT2D eigenvalue weighted by molar-refractivity contribution is 5.90. The zero-order valence-electron chi connectivity index (χ0n) is 10.4. The fraction of sp³-hybridized carbons (Fsp3) is 0.417. The third-order valence-electron chi connectivity index (χ3n) is 2.78. The number of halogens is 2. The normalized spacial score (nSPS) is 16.2. The summed E-state index contributed by atoms with van der Waals surface area (Å²) in [5.41, 5.74) is 2.32. The Morgan fingerprint density at radius 2 is 2.00 bits per heavy atom. The molecule has 1 aliphatic rings. The smallest absolute Gasteiger partial charge is 0.340 e. The van der Waals surface area contributed by atoms with E-state index in [9.17, 15) is 13.6 Å². The number of anilines is 1. The molecule has 19 heavy (non-hydrogen) atoms. The van der Waals surface area contributed by atoms with E-state index in [1.54, 1.807) is 5.01 Å². The Hall–Kier alpha value is -1.73. The fourth-order valence-corrected chi connectivity index (χ4v) is 1.75. The van der Waals surface area contributed by atoms with E-state index in [0.29, 0.717) is 26.3 Å². The molecule has 0 aromatic heterocycles. The van der Waals surface area contributed by atoms with E-state index in [1.807, 2.05) is 0 Å². The number of morpholine rings is 1. The first kappa shape index (κ1) is 13.7. The van der Waals surface area contributed by atoms with Gasteiger partial charge in [0.25, 0.3) is 0 Å². The SMILES string of the molecule is COC(=O)c1ccc(NN2CCOCC2)c(F)c1F. The van der Waals surface area contributed by atoms with Crippen LogP contribution in [0, 0.1) is 11.6 Å². The fourth-order valence-electron chi connectivity index (χ4n) is 1.75. The molecule has 7 heteroatoms. The van der Waals surface area contributed by atoms with Gasteiger partial charge in [0.05, 0.1) is 31.6 Å². The maximum absolute atomic E-state index is 13.8. The van der Waals surface area contributed by atoms with Crippen LogP contribution in [0.2, 0.25) is 0 Å². The number of nitrogens with one attached hydrogen (secondary N) is 1. The van der Waals surface area contributed by atoms with Crippen molar-refractivity contribution in [1.29, 1.82) is 0 Å². The van der Waals surface area contributed by atoms with E-state index in [-0.39, 0.29) is 5.69 Å². The number of ether oxygens (including phenoxy) is 2. The predicted molar refractivity (Wildman–Crippen MR) is 63.7 cm³/mol. The number of hydrogen-bond acceptors (Lipinski definition) is 5. The Bertz CT molecular complexity index is 476. The second kappa shape index (κ2) is 5.94. The van der Waals surface area contributed by atoms with Gasteiger partial charge < -0.3 is 14.9 Å². The highest BCUT2D eigenvalue weighted by Gasteiger charge is 2.20. The molecule has 104 valence electrons. The van der Waals surface area contributed by atoms with E-state index in [0.717, 1.165) is 7.11 Å². The van der Waals surface area contributed by atoms with Gasteiger partial charge in [-0.25, -0.2) is 18.6 Å². The number of hydrazine groups is 1. The number of carbonyl (C=O) groups is 1. The summed E-state index contributed by atoms with van der Waals surface area (Å²) >= 11 is 0. The number of hydrogen-bond donors (Lipinski definition) is 1. The van der Waals surface area contributed by atoms with Crippen molar-refractivity contribution < 1.29 is 23.0 Å². The van der Waals surface area contributed by atoms with Crippen LogP contribution in [-0.4, -0.2) is 44.4 Å². The minimum atomic E-state index is -1.22. The second-order valence-electron chi connectivity index (χ2n) is 3.99. The van der Waals surface area contributed by atoms with Crippen molar-refractivity contribution in [2.75, 3.05) is 38.8 Å². The molecule has 0 radical (unpaired) electrons. The first-order valence-electron chi connectivity index (χ1n) is 5.79. The summed E-state index contributed by atoms with van der Waals surface area (Å²) in [6, 6.07) is 2.49. The average molecular weight is 272 g/mol. The Morgan fingerprint density at radius 3 is 2.63 bits per heavy atom. The van der Waals surface area contributed by atoms with Crippen LogP contribution in [0.25, 0.3) is 0 Å². The van der Waals surface area contributed by atoms with Gasteiger partial charge in [0.15, 0.2) is 11.6 Å². The Morgan fingerprint density at radius 1 is 1.32 bits per heavy atom. The van der Waals surface area contributed by atoms with Gasteiger partial charge >= 0.3 is 5.97 Å². The molecule has 1 heterocycles. The molecule has 2 rings (SSSR count). The summed E-state index contributed by atoms with van der Waals surface area (Å²) in [5, 5.41) is 1.72. The Labute approximate surface area is 109 Å². The zero-order chi connectivity index (χ0) is 13.8. The van der Waals surface area contributed by atoms with E-state index >= 15 is 0 Å². The number of rotatable bonds is 3. The number of carbonyl (C=O) groups excluding carboxylic acids is 1. The quantitative estimate of drug-likeness (QED) is 0.843. The zero-order valence-corrected chi connectivity index (χ0v) is 10.4. The lowest BCUT2D eigenvalue weighted by atomic mass is 10.2. The molecule has 1 aromatic rings. The van der Waals surface area contributed by atoms with Crippen LogP contribution in [0.15, 0.2) is 12.1 Å². The van der Waals surface area contributed by atoms with Gasteiger partial charge in [0, 0.05) is 13.1 Å². The minimum absolute atomic E-state index is 0.0212. The van der Waals surface area contributed by atoms with Crippen molar-refractivity contribution >= 4 is 11.7 Å². The molecular formula is C12H14F2N2O3. The summed E-state index contributed by atoms with van der Waals surface area (Å²) in [7, 11) is 1.11. The molecular weight excluding hydrogens is 258 g/mol. The molecule has 5 nitrogen and oxygen atoms in total. The van der Waals surface area contributed by atoms with Gasteiger partial charge in [-0.05, 0) is 12.1 Å². The van der Waals surface area contributed by atoms with Gasteiger partial charge in [0.2, 0.25) is 0 Å². The largest absolute Gasteiger partial charge is 0.465 e. The van der Waals surface area contributed by atoms with Crippen molar-refractivity contribution in [2.45, 2.75) is 0 Å². The summed E-state index contributed by atoms with van der Waals surface area (Å²) in [6.07, 6.45) is 0. The van der Waals surface area contributed by atoms with Gasteiger partial charge in [-0.15, -0.1) is 0 Å². The van der Waals surface area contributed by atoms with Crippen LogP contribution in [-0.2, 0) is 9.47 Å². The molecule has 1 fully saturated rings. The second-order valence-corrected chi connectivity index (χ2v) is 3.99. The molecule has 0 amide bonds. The average Bonchev–Trinajstić information content (AvgIpc) is 2.44. The highest BCUT2D eigenvalue weighted by atomic mass is 19.2. The molecule has 1 N–H and O–H groups in total. The first-order chi connectivity index (χ1) is 9.13. The summed E-state index contributed by atoms with van der Waals surface area (Å²) in [6.45, 7) is 2.19. The third kappa shape index (κ3) is 2.99. The van der Waals surface area contributed by atoms with E-state index in [4.69, 9.17) is 4.74 Å². The maximum Gasteiger partial charge on any atom is 0.340 e. The van der Waals surface area contributed by atoms with Crippen LogP contribution in [0.4, 0.5) is 14.5 Å².